The van der Waals surface area contributed by atoms with E-state index >= 15 is 0 Å². The van der Waals surface area contributed by atoms with E-state index in [0.29, 0.717) is 5.56 Å². The van der Waals surface area contributed by atoms with Gasteiger partial charge < -0.3 is 14.5 Å². The molecule has 6 nitrogen and oxygen atoms in total. The number of rotatable bonds is 7. The van der Waals surface area contributed by atoms with Crippen LogP contribution in [0.5, 0.6) is 5.75 Å². The van der Waals surface area contributed by atoms with Crippen LogP contribution in [0.3, 0.4) is 0 Å². The predicted molar refractivity (Wildman–Crippen MR) is 119 cm³/mol. The van der Waals surface area contributed by atoms with Gasteiger partial charge in [0.05, 0.1) is 4.90 Å². The number of anilines is 1. The highest BCUT2D eigenvalue weighted by atomic mass is 32.2. The lowest BCUT2D eigenvalue weighted by Crippen LogP contribution is -2.18. The van der Waals surface area contributed by atoms with Crippen LogP contribution in [0.1, 0.15) is 11.1 Å². The number of benzene rings is 3. The highest BCUT2D eigenvalue weighted by Crippen LogP contribution is 2.34. The zero-order valence-electron chi connectivity index (χ0n) is 17.8. The van der Waals surface area contributed by atoms with Gasteiger partial charge in [0.2, 0.25) is 26.6 Å². The van der Waals surface area contributed by atoms with Gasteiger partial charge in [-0.3, -0.25) is 0 Å². The average Bonchev–Trinajstić information content (AvgIpc) is 3.23. The summed E-state index contributed by atoms with van der Waals surface area (Å²) in [5.74, 6) is -0.535. The van der Waals surface area contributed by atoms with E-state index in [1.807, 2.05) is 19.1 Å². The molecule has 4 aromatic rings. The summed E-state index contributed by atoms with van der Waals surface area (Å²) in [6.07, 6.45) is -4.87. The molecule has 0 saturated heterocycles. The Bertz CT molecular complexity index is 1400. The lowest BCUT2D eigenvalue weighted by atomic mass is 10.1. The van der Waals surface area contributed by atoms with E-state index in [2.05, 4.69) is 15.0 Å². The van der Waals surface area contributed by atoms with Gasteiger partial charge in [0.1, 0.15) is 5.75 Å². The fourth-order valence-corrected chi connectivity index (χ4v) is 4.59. The number of hydrogen-bond donors (Lipinski definition) is 1. The molecular weight excluding hydrogens is 469 g/mol. The number of hydrogen-bond acceptors (Lipinski definition) is 6. The van der Waals surface area contributed by atoms with E-state index in [1.54, 1.807) is 36.4 Å². The SMILES string of the molecule is Cc1ccccc1-c1nc(S(=O)(=O)c2ccccc2)c(NCc2ccccc2OC(F)(F)F)o1. The molecule has 0 atom stereocenters. The molecule has 0 aliphatic heterocycles. The number of alkyl halides is 3. The first-order valence-corrected chi connectivity index (χ1v) is 11.6. The third-order valence-corrected chi connectivity index (χ3v) is 6.60. The summed E-state index contributed by atoms with van der Waals surface area (Å²) in [6.45, 7) is 1.62. The van der Waals surface area contributed by atoms with Crippen molar-refractivity contribution in [3.63, 3.8) is 0 Å². The first-order chi connectivity index (χ1) is 16.1. The van der Waals surface area contributed by atoms with Gasteiger partial charge in [0.15, 0.2) is 0 Å². The van der Waals surface area contributed by atoms with Crippen molar-refractivity contribution in [2.75, 3.05) is 5.32 Å². The third kappa shape index (κ3) is 5.07. The number of halogens is 3. The summed E-state index contributed by atoms with van der Waals surface area (Å²) < 4.78 is 74.8. The number of nitrogens with zero attached hydrogens (tertiary/aromatic N) is 1. The topological polar surface area (TPSA) is 81.4 Å². The molecule has 3 aromatic carbocycles. The maximum atomic E-state index is 13.3. The van der Waals surface area contributed by atoms with Gasteiger partial charge >= 0.3 is 6.36 Å². The van der Waals surface area contributed by atoms with Crippen molar-refractivity contribution in [3.8, 4) is 17.2 Å². The summed E-state index contributed by atoms with van der Waals surface area (Å²) in [5, 5.41) is 2.42. The Labute approximate surface area is 193 Å². The molecule has 0 radical (unpaired) electrons. The minimum atomic E-state index is -4.87. The quantitative estimate of drug-likeness (QED) is 0.344. The number of nitrogens with one attached hydrogen (secondary N) is 1. The van der Waals surface area contributed by atoms with Crippen molar-refractivity contribution in [2.45, 2.75) is 29.8 Å². The van der Waals surface area contributed by atoms with E-state index in [4.69, 9.17) is 4.42 Å². The summed E-state index contributed by atoms with van der Waals surface area (Å²) in [6, 6.07) is 20.4. The number of para-hydroxylation sites is 1. The summed E-state index contributed by atoms with van der Waals surface area (Å²) in [5.41, 5.74) is 1.54. The van der Waals surface area contributed by atoms with E-state index in [0.717, 1.165) is 5.56 Å². The van der Waals surface area contributed by atoms with Crippen LogP contribution in [0.4, 0.5) is 19.1 Å². The van der Waals surface area contributed by atoms with E-state index in [9.17, 15) is 21.6 Å². The first-order valence-electron chi connectivity index (χ1n) is 10.1. The largest absolute Gasteiger partial charge is 0.573 e. The maximum absolute atomic E-state index is 13.3. The molecule has 34 heavy (non-hydrogen) atoms. The van der Waals surface area contributed by atoms with Gasteiger partial charge in [-0.05, 0) is 36.8 Å². The third-order valence-electron chi connectivity index (χ3n) is 4.92. The van der Waals surface area contributed by atoms with Gasteiger partial charge in [-0.2, -0.15) is 4.98 Å². The number of sulfone groups is 1. The Morgan fingerprint density at radius 2 is 1.59 bits per heavy atom. The normalized spacial score (nSPS) is 11.9. The highest BCUT2D eigenvalue weighted by Gasteiger charge is 2.32. The minimum Gasteiger partial charge on any atom is -0.419 e. The lowest BCUT2D eigenvalue weighted by Gasteiger charge is -2.13. The molecule has 1 aromatic heterocycles. The molecule has 0 unspecified atom stereocenters. The lowest BCUT2D eigenvalue weighted by molar-refractivity contribution is -0.274. The molecule has 0 aliphatic carbocycles. The van der Waals surface area contributed by atoms with E-state index < -0.39 is 21.9 Å². The van der Waals surface area contributed by atoms with Gasteiger partial charge in [-0.15, -0.1) is 13.2 Å². The van der Waals surface area contributed by atoms with Gasteiger partial charge in [0, 0.05) is 17.7 Å². The van der Waals surface area contributed by atoms with Gasteiger partial charge in [-0.25, -0.2) is 8.42 Å². The number of aromatic nitrogens is 1. The predicted octanol–water partition coefficient (Wildman–Crippen LogP) is 5.99. The van der Waals surface area contributed by atoms with Crippen LogP contribution in [0.25, 0.3) is 11.5 Å². The maximum Gasteiger partial charge on any atom is 0.573 e. The van der Waals surface area contributed by atoms with Crippen LogP contribution < -0.4 is 10.1 Å². The molecule has 1 N–H and O–H groups in total. The molecule has 0 aliphatic rings. The highest BCUT2D eigenvalue weighted by molar-refractivity contribution is 7.91. The molecular formula is C24H19F3N2O4S. The fraction of sp³-hybridized carbons (Fsp3) is 0.125. The van der Waals surface area contributed by atoms with Crippen molar-refractivity contribution in [1.29, 1.82) is 0 Å². The van der Waals surface area contributed by atoms with Crippen molar-refractivity contribution in [1.82, 2.24) is 4.98 Å². The fourth-order valence-electron chi connectivity index (χ4n) is 3.29. The monoisotopic (exact) mass is 488 g/mol. The van der Waals surface area contributed by atoms with Crippen LogP contribution in [0.2, 0.25) is 0 Å². The number of aryl methyl sites for hydroxylation is 1. The van der Waals surface area contributed by atoms with Crippen molar-refractivity contribution >= 4 is 15.7 Å². The van der Waals surface area contributed by atoms with Gasteiger partial charge in [0.25, 0.3) is 0 Å². The number of ether oxygens (including phenoxy) is 1. The molecule has 4 rings (SSSR count). The molecule has 10 heteroatoms. The smallest absolute Gasteiger partial charge is 0.419 e. The van der Waals surface area contributed by atoms with Crippen molar-refractivity contribution in [2.24, 2.45) is 0 Å². The summed E-state index contributed by atoms with van der Waals surface area (Å²) in [4.78, 5) is 4.26. The molecule has 176 valence electrons. The zero-order chi connectivity index (χ0) is 24.3. The van der Waals surface area contributed by atoms with Crippen LogP contribution >= 0.6 is 0 Å². The number of oxazole rings is 1. The van der Waals surface area contributed by atoms with Crippen molar-refractivity contribution < 1.29 is 30.7 Å². The minimum absolute atomic E-state index is 0.00323. The van der Waals surface area contributed by atoms with E-state index in [-0.39, 0.29) is 33.8 Å². The molecule has 0 amide bonds. The Balaban J connectivity index is 1.75. The molecule has 0 saturated carbocycles. The summed E-state index contributed by atoms with van der Waals surface area (Å²) >= 11 is 0. The summed E-state index contributed by atoms with van der Waals surface area (Å²) in [7, 11) is -4.09. The molecule has 0 bridgehead atoms. The molecule has 0 spiro atoms. The van der Waals surface area contributed by atoms with Crippen LogP contribution in [-0.4, -0.2) is 19.8 Å². The Morgan fingerprint density at radius 3 is 2.29 bits per heavy atom. The second-order valence-electron chi connectivity index (χ2n) is 7.29. The van der Waals surface area contributed by atoms with Crippen LogP contribution in [0.15, 0.2) is 93.2 Å². The standard InChI is InChI=1S/C24H19F3N2O4S/c1-16-9-5-7-13-19(16)21-29-23(34(30,31)18-11-3-2-4-12-18)22(32-21)28-15-17-10-6-8-14-20(17)33-24(25,26)27/h2-14,28H,15H2,1H3. The van der Waals surface area contributed by atoms with Crippen LogP contribution in [0, 0.1) is 6.92 Å². The van der Waals surface area contributed by atoms with E-state index in [1.165, 1.54) is 30.3 Å². The first kappa shape index (κ1) is 23.4. The molecule has 0 fully saturated rings. The Morgan fingerprint density at radius 1 is 0.941 bits per heavy atom. The average molecular weight is 488 g/mol. The zero-order valence-corrected chi connectivity index (χ0v) is 18.7. The second-order valence-corrected chi connectivity index (χ2v) is 9.16. The van der Waals surface area contributed by atoms with Crippen LogP contribution in [-0.2, 0) is 16.4 Å². The van der Waals surface area contributed by atoms with Crippen molar-refractivity contribution in [3.05, 3.63) is 90.0 Å². The van der Waals surface area contributed by atoms with Gasteiger partial charge in [-0.1, -0.05) is 54.6 Å². The second kappa shape index (κ2) is 9.22. The molecule has 1 heterocycles. The Hall–Kier alpha value is -3.79. The Kier molecular flexibility index (Phi) is 6.34.